The first-order chi connectivity index (χ1) is 12.3. The molecule has 8 heteroatoms. The number of ether oxygens (including phenoxy) is 1. The lowest BCUT2D eigenvalue weighted by molar-refractivity contribution is 0.245. The van der Waals surface area contributed by atoms with Gasteiger partial charge in [-0.3, -0.25) is 0 Å². The summed E-state index contributed by atoms with van der Waals surface area (Å²) in [6.45, 7) is 4.37. The van der Waals surface area contributed by atoms with E-state index in [4.69, 9.17) is 9.88 Å². The first-order valence-corrected chi connectivity index (χ1v) is 9.65. The van der Waals surface area contributed by atoms with Crippen molar-refractivity contribution in [2.45, 2.75) is 31.4 Å². The van der Waals surface area contributed by atoms with Gasteiger partial charge in [0.2, 0.25) is 16.0 Å². The number of fused-ring (bicyclic) bond motifs is 1. The number of para-hydroxylation sites is 1. The fourth-order valence-electron chi connectivity index (χ4n) is 2.44. The number of aromatic nitrogens is 2. The van der Waals surface area contributed by atoms with Crippen LogP contribution in [0, 0.1) is 0 Å². The molecule has 0 saturated carbocycles. The van der Waals surface area contributed by atoms with E-state index in [1.54, 1.807) is 18.3 Å². The van der Waals surface area contributed by atoms with E-state index in [1.807, 2.05) is 32.0 Å². The van der Waals surface area contributed by atoms with Gasteiger partial charge in [0.1, 0.15) is 11.3 Å². The summed E-state index contributed by atoms with van der Waals surface area (Å²) >= 11 is 0. The fourth-order valence-corrected chi connectivity index (χ4v) is 2.96. The van der Waals surface area contributed by atoms with E-state index in [9.17, 15) is 8.42 Å². The number of hydrogen-bond donors (Lipinski definition) is 2. The molecule has 0 saturated heterocycles. The summed E-state index contributed by atoms with van der Waals surface area (Å²) < 4.78 is 28.4. The molecule has 0 radical (unpaired) electrons. The number of nitrogens with two attached hydrogens (primary N) is 1. The predicted octanol–water partition coefficient (Wildman–Crippen LogP) is 2.68. The van der Waals surface area contributed by atoms with Gasteiger partial charge in [-0.25, -0.2) is 23.5 Å². The van der Waals surface area contributed by atoms with Crippen molar-refractivity contribution in [3.63, 3.8) is 0 Å². The second-order valence-electron chi connectivity index (χ2n) is 6.10. The highest BCUT2D eigenvalue weighted by molar-refractivity contribution is 7.89. The average molecular weight is 372 g/mol. The van der Waals surface area contributed by atoms with Crippen molar-refractivity contribution in [3.8, 4) is 5.75 Å². The second-order valence-corrected chi connectivity index (χ2v) is 7.66. The Balaban J connectivity index is 1.78. The topological polar surface area (TPSA) is 107 Å². The van der Waals surface area contributed by atoms with Crippen LogP contribution < -0.4 is 15.2 Å². The molecule has 0 aliphatic heterocycles. The molecule has 0 fully saturated rings. The van der Waals surface area contributed by atoms with E-state index in [2.05, 4.69) is 15.3 Å². The average Bonchev–Trinajstić information content (AvgIpc) is 2.59. The monoisotopic (exact) mass is 372 g/mol. The van der Waals surface area contributed by atoms with Crippen LogP contribution in [0.2, 0.25) is 0 Å². The molecule has 0 aliphatic rings. The maximum atomic E-state index is 11.3. The second kappa shape index (κ2) is 7.27. The number of rotatable bonds is 6. The third kappa shape index (κ3) is 4.27. The van der Waals surface area contributed by atoms with Crippen LogP contribution in [0.25, 0.3) is 10.9 Å². The molecule has 0 unspecified atom stereocenters. The Morgan fingerprint density at radius 1 is 1.15 bits per heavy atom. The SMILES string of the molecule is CC(C)Oc1cccc2cnc(NCc3ccc(S(N)(=O)=O)cc3)nc12. The van der Waals surface area contributed by atoms with Crippen molar-refractivity contribution in [1.29, 1.82) is 0 Å². The zero-order valence-corrected chi connectivity index (χ0v) is 15.3. The van der Waals surface area contributed by atoms with E-state index >= 15 is 0 Å². The van der Waals surface area contributed by atoms with Crippen molar-refractivity contribution in [3.05, 3.63) is 54.2 Å². The molecule has 1 heterocycles. The van der Waals surface area contributed by atoms with Gasteiger partial charge >= 0.3 is 0 Å². The van der Waals surface area contributed by atoms with Crippen LogP contribution in [0.1, 0.15) is 19.4 Å². The number of benzene rings is 2. The van der Waals surface area contributed by atoms with E-state index in [0.717, 1.165) is 16.5 Å². The highest BCUT2D eigenvalue weighted by Crippen LogP contribution is 2.25. The van der Waals surface area contributed by atoms with Crippen LogP contribution in [0.3, 0.4) is 0 Å². The first kappa shape index (κ1) is 18.1. The maximum absolute atomic E-state index is 11.3. The molecule has 136 valence electrons. The summed E-state index contributed by atoms with van der Waals surface area (Å²) in [5.41, 5.74) is 1.62. The van der Waals surface area contributed by atoms with Crippen LogP contribution in [0.15, 0.2) is 53.6 Å². The molecule has 3 rings (SSSR count). The van der Waals surface area contributed by atoms with Gasteiger partial charge in [0.05, 0.1) is 11.0 Å². The number of nitrogens with one attached hydrogen (secondary N) is 1. The molecule has 7 nitrogen and oxygen atoms in total. The highest BCUT2D eigenvalue weighted by Gasteiger charge is 2.09. The standard InChI is InChI=1S/C18H20N4O3S/c1-12(2)25-16-5-3-4-14-11-21-18(22-17(14)16)20-10-13-6-8-15(9-7-13)26(19,23)24/h3-9,11-12H,10H2,1-2H3,(H2,19,23,24)(H,20,21,22). The molecular formula is C18H20N4O3S. The van der Waals surface area contributed by atoms with Gasteiger partial charge in [-0.15, -0.1) is 0 Å². The lowest BCUT2D eigenvalue weighted by Gasteiger charge is -2.12. The fraction of sp³-hybridized carbons (Fsp3) is 0.222. The summed E-state index contributed by atoms with van der Waals surface area (Å²) in [4.78, 5) is 8.92. The van der Waals surface area contributed by atoms with Gasteiger partial charge in [0, 0.05) is 18.1 Å². The van der Waals surface area contributed by atoms with Crippen molar-refractivity contribution < 1.29 is 13.2 Å². The molecule has 1 aromatic heterocycles. The Kier molecular flexibility index (Phi) is 5.06. The van der Waals surface area contributed by atoms with Gasteiger partial charge < -0.3 is 10.1 Å². The molecule has 0 aliphatic carbocycles. The minimum Gasteiger partial charge on any atom is -0.489 e. The molecule has 0 atom stereocenters. The predicted molar refractivity (Wildman–Crippen MR) is 100 cm³/mol. The lowest BCUT2D eigenvalue weighted by atomic mass is 10.2. The first-order valence-electron chi connectivity index (χ1n) is 8.11. The Labute approximate surface area is 152 Å². The third-order valence-corrected chi connectivity index (χ3v) is 4.57. The van der Waals surface area contributed by atoms with Gasteiger partial charge in [-0.1, -0.05) is 24.3 Å². The summed E-state index contributed by atoms with van der Waals surface area (Å²) in [5, 5.41) is 9.13. The smallest absolute Gasteiger partial charge is 0.238 e. The molecule has 2 aromatic carbocycles. The number of anilines is 1. The Hall–Kier alpha value is -2.71. The maximum Gasteiger partial charge on any atom is 0.238 e. The third-order valence-electron chi connectivity index (χ3n) is 3.64. The van der Waals surface area contributed by atoms with Crippen LogP contribution in [-0.2, 0) is 16.6 Å². The van der Waals surface area contributed by atoms with Crippen molar-refractivity contribution >= 4 is 26.9 Å². The van der Waals surface area contributed by atoms with Gasteiger partial charge in [0.25, 0.3) is 0 Å². The summed E-state index contributed by atoms with van der Waals surface area (Å²) in [7, 11) is -3.68. The largest absolute Gasteiger partial charge is 0.489 e. The van der Waals surface area contributed by atoms with E-state index < -0.39 is 10.0 Å². The van der Waals surface area contributed by atoms with E-state index in [0.29, 0.717) is 18.2 Å². The molecule has 0 amide bonds. The molecule has 26 heavy (non-hydrogen) atoms. The van der Waals surface area contributed by atoms with Crippen molar-refractivity contribution in [2.24, 2.45) is 5.14 Å². The quantitative estimate of drug-likeness (QED) is 0.689. The van der Waals surface area contributed by atoms with Crippen molar-refractivity contribution in [1.82, 2.24) is 9.97 Å². The summed E-state index contributed by atoms with van der Waals surface area (Å²) in [5.74, 6) is 1.17. The van der Waals surface area contributed by atoms with E-state index in [-0.39, 0.29) is 11.0 Å². The number of sulfonamides is 1. The van der Waals surface area contributed by atoms with Gasteiger partial charge in [-0.05, 0) is 37.6 Å². The minimum absolute atomic E-state index is 0.0457. The lowest BCUT2D eigenvalue weighted by Crippen LogP contribution is -2.12. The normalized spacial score (nSPS) is 11.7. The van der Waals surface area contributed by atoms with Crippen LogP contribution >= 0.6 is 0 Å². The number of nitrogens with zero attached hydrogens (tertiary/aromatic N) is 2. The van der Waals surface area contributed by atoms with Crippen LogP contribution in [0.5, 0.6) is 5.75 Å². The Morgan fingerprint density at radius 3 is 2.54 bits per heavy atom. The molecule has 3 aromatic rings. The summed E-state index contributed by atoms with van der Waals surface area (Å²) in [6, 6.07) is 12.1. The Bertz CT molecular complexity index is 1020. The molecular weight excluding hydrogens is 352 g/mol. The van der Waals surface area contributed by atoms with Crippen LogP contribution in [-0.4, -0.2) is 24.5 Å². The van der Waals surface area contributed by atoms with Crippen LogP contribution in [0.4, 0.5) is 5.95 Å². The number of primary sulfonamides is 1. The zero-order valence-electron chi connectivity index (χ0n) is 14.5. The van der Waals surface area contributed by atoms with Gasteiger partial charge in [0.15, 0.2) is 0 Å². The van der Waals surface area contributed by atoms with Gasteiger partial charge in [-0.2, -0.15) is 0 Å². The Morgan fingerprint density at radius 2 is 1.88 bits per heavy atom. The number of hydrogen-bond acceptors (Lipinski definition) is 6. The molecule has 0 spiro atoms. The zero-order chi connectivity index (χ0) is 18.7. The van der Waals surface area contributed by atoms with Crippen molar-refractivity contribution in [2.75, 3.05) is 5.32 Å². The highest BCUT2D eigenvalue weighted by atomic mass is 32.2. The molecule has 3 N–H and O–H groups in total. The molecule has 0 bridgehead atoms. The van der Waals surface area contributed by atoms with E-state index in [1.165, 1.54) is 12.1 Å². The minimum atomic E-state index is -3.68. The summed E-state index contributed by atoms with van der Waals surface area (Å²) in [6.07, 6.45) is 1.78.